The molecule has 0 radical (unpaired) electrons. The maximum absolute atomic E-state index is 13.6. The Morgan fingerprint density at radius 3 is 2.49 bits per heavy atom. The molecule has 1 fully saturated rings. The van der Waals surface area contributed by atoms with Gasteiger partial charge in [0.05, 0.1) is 46.6 Å². The number of aromatic nitrogens is 1. The molecule has 1 aromatic heterocycles. The second-order valence-corrected chi connectivity index (χ2v) is 12.7. The average Bonchev–Trinajstić information content (AvgIpc) is 3.31. The lowest BCUT2D eigenvalue weighted by Crippen LogP contribution is -2.43. The van der Waals surface area contributed by atoms with Crippen molar-refractivity contribution in [2.24, 2.45) is 0 Å². The van der Waals surface area contributed by atoms with Crippen molar-refractivity contribution in [2.45, 2.75) is 30.4 Å². The molecule has 0 aliphatic carbocycles. The predicted molar refractivity (Wildman–Crippen MR) is 151 cm³/mol. The number of halogens is 2. The molecule has 2 heterocycles. The molecule has 8 nitrogen and oxygen atoms in total. The van der Waals surface area contributed by atoms with Crippen LogP contribution in [0.15, 0.2) is 41.3 Å². The van der Waals surface area contributed by atoms with Crippen LogP contribution in [0.5, 0.6) is 5.75 Å². The third kappa shape index (κ3) is 6.74. The van der Waals surface area contributed by atoms with E-state index in [0.29, 0.717) is 47.7 Å². The fourth-order valence-corrected chi connectivity index (χ4v) is 6.31. The molecule has 1 saturated heterocycles. The first-order valence-electron chi connectivity index (χ1n) is 11.8. The number of methoxy groups -OCH3 is 1. The van der Waals surface area contributed by atoms with Crippen LogP contribution in [0.25, 0.3) is 10.2 Å². The first-order chi connectivity index (χ1) is 17.2. The van der Waals surface area contributed by atoms with Gasteiger partial charge in [-0.05, 0) is 43.7 Å². The highest BCUT2D eigenvalue weighted by Gasteiger charge is 2.24. The molecule has 0 N–H and O–H groups in total. The number of hydrogen-bond acceptors (Lipinski definition) is 8. The fourth-order valence-electron chi connectivity index (χ4n) is 3.95. The van der Waals surface area contributed by atoms with Gasteiger partial charge in [-0.15, -0.1) is 12.4 Å². The van der Waals surface area contributed by atoms with Crippen molar-refractivity contribution in [2.75, 3.05) is 51.4 Å². The lowest BCUT2D eigenvalue weighted by atomic mass is 10.1. The van der Waals surface area contributed by atoms with Gasteiger partial charge in [0.1, 0.15) is 11.3 Å². The highest BCUT2D eigenvalue weighted by atomic mass is 35.5. The van der Waals surface area contributed by atoms with Crippen molar-refractivity contribution < 1.29 is 22.7 Å². The number of amides is 1. The zero-order valence-electron chi connectivity index (χ0n) is 21.0. The summed E-state index contributed by atoms with van der Waals surface area (Å²) in [6, 6.07) is 10.1. The summed E-state index contributed by atoms with van der Waals surface area (Å²) in [6.07, 6.45) is 0.117. The number of rotatable bonds is 9. The van der Waals surface area contributed by atoms with E-state index in [1.165, 1.54) is 11.3 Å². The molecule has 4 rings (SSSR count). The number of benzene rings is 2. The van der Waals surface area contributed by atoms with E-state index in [4.69, 9.17) is 26.1 Å². The smallest absolute Gasteiger partial charge is 0.233 e. The van der Waals surface area contributed by atoms with Gasteiger partial charge in [0, 0.05) is 26.2 Å². The van der Waals surface area contributed by atoms with Crippen molar-refractivity contribution >= 4 is 66.4 Å². The van der Waals surface area contributed by atoms with Crippen LogP contribution in [0, 0.1) is 0 Å². The van der Waals surface area contributed by atoms with Gasteiger partial charge >= 0.3 is 0 Å². The van der Waals surface area contributed by atoms with Crippen LogP contribution in [-0.2, 0) is 25.8 Å². The van der Waals surface area contributed by atoms with Gasteiger partial charge in [0.25, 0.3) is 0 Å². The molecule has 0 unspecified atom stereocenters. The van der Waals surface area contributed by atoms with Crippen molar-refractivity contribution in [1.29, 1.82) is 0 Å². The number of carbonyl (C=O) groups excluding carboxylic acids is 1. The van der Waals surface area contributed by atoms with E-state index in [1.807, 2.05) is 0 Å². The third-order valence-electron chi connectivity index (χ3n) is 6.17. The molecule has 1 aliphatic rings. The molecule has 12 heteroatoms. The van der Waals surface area contributed by atoms with Gasteiger partial charge in [0.15, 0.2) is 15.0 Å². The lowest BCUT2D eigenvalue weighted by Gasteiger charge is -2.29. The Morgan fingerprint density at radius 2 is 1.86 bits per heavy atom. The van der Waals surface area contributed by atoms with E-state index in [0.717, 1.165) is 23.4 Å². The van der Waals surface area contributed by atoms with Crippen molar-refractivity contribution in [3.63, 3.8) is 0 Å². The Balaban J connectivity index is 0.00000380. The molecule has 0 atom stereocenters. The van der Waals surface area contributed by atoms with Crippen LogP contribution in [0.4, 0.5) is 5.13 Å². The second-order valence-electron chi connectivity index (χ2n) is 8.84. The zero-order valence-corrected chi connectivity index (χ0v) is 24.2. The van der Waals surface area contributed by atoms with Crippen molar-refractivity contribution in [1.82, 2.24) is 9.88 Å². The molecular weight excluding hydrogens is 557 g/mol. The highest BCUT2D eigenvalue weighted by Crippen LogP contribution is 2.38. The minimum absolute atomic E-state index is 0. The lowest BCUT2D eigenvalue weighted by molar-refractivity contribution is -0.118. The summed E-state index contributed by atoms with van der Waals surface area (Å²) in [4.78, 5) is 22.5. The maximum Gasteiger partial charge on any atom is 0.233 e. The number of anilines is 1. The van der Waals surface area contributed by atoms with Crippen LogP contribution in [0.1, 0.15) is 19.4 Å². The molecule has 37 heavy (non-hydrogen) atoms. The minimum Gasteiger partial charge on any atom is -0.494 e. The Labute approximate surface area is 232 Å². The molecule has 0 bridgehead atoms. The average molecular weight is 589 g/mol. The first kappa shape index (κ1) is 29.6. The van der Waals surface area contributed by atoms with Crippen LogP contribution in [-0.4, -0.2) is 76.0 Å². The number of ether oxygens (including phenoxy) is 2. The van der Waals surface area contributed by atoms with Crippen LogP contribution in [0.2, 0.25) is 5.02 Å². The van der Waals surface area contributed by atoms with E-state index in [1.54, 1.807) is 62.3 Å². The molecule has 3 aromatic rings. The number of nitrogens with zero attached hydrogens (tertiary/aromatic N) is 3. The number of hydrogen-bond donors (Lipinski definition) is 0. The molecule has 0 spiro atoms. The molecule has 2 aromatic carbocycles. The van der Waals surface area contributed by atoms with E-state index in [2.05, 4.69) is 4.90 Å². The maximum atomic E-state index is 13.6. The first-order valence-corrected chi connectivity index (χ1v) is 14.5. The van der Waals surface area contributed by atoms with E-state index in [9.17, 15) is 13.2 Å². The number of thiazole rings is 1. The molecule has 1 aliphatic heterocycles. The Bertz CT molecular complexity index is 1320. The largest absolute Gasteiger partial charge is 0.494 e. The summed E-state index contributed by atoms with van der Waals surface area (Å²) in [5.41, 5.74) is 1.35. The van der Waals surface area contributed by atoms with Crippen LogP contribution in [0.3, 0.4) is 0 Å². The summed E-state index contributed by atoms with van der Waals surface area (Å²) in [7, 11) is -1.80. The van der Waals surface area contributed by atoms with E-state index < -0.39 is 15.1 Å². The predicted octanol–water partition coefficient (Wildman–Crippen LogP) is 4.47. The van der Waals surface area contributed by atoms with Gasteiger partial charge in [-0.1, -0.05) is 35.1 Å². The molecule has 1 amide bonds. The number of carbonyl (C=O) groups is 1. The van der Waals surface area contributed by atoms with Crippen molar-refractivity contribution in [3.8, 4) is 5.75 Å². The fraction of sp³-hybridized carbons (Fsp3) is 0.440. The number of sulfone groups is 1. The van der Waals surface area contributed by atoms with Gasteiger partial charge in [0.2, 0.25) is 5.91 Å². The number of fused-ring (bicyclic) bond motifs is 1. The van der Waals surface area contributed by atoms with Gasteiger partial charge in [-0.3, -0.25) is 14.6 Å². The van der Waals surface area contributed by atoms with E-state index in [-0.39, 0.29) is 29.6 Å². The standard InChI is InChI=1S/C25H30ClN3O5S2.ClH/c1-17(2)36(31,32)19-6-4-18(5-7-19)16-22(30)29(11-10-28-12-14-34-15-13-28)25-27-23-21(33-3)9-8-20(26)24(23)35-25;/h4-9,17H,10-16H2,1-3H3;1H. The summed E-state index contributed by atoms with van der Waals surface area (Å²) in [6.45, 7) is 7.41. The van der Waals surface area contributed by atoms with Gasteiger partial charge < -0.3 is 9.47 Å². The van der Waals surface area contributed by atoms with Crippen LogP contribution >= 0.6 is 35.3 Å². The topological polar surface area (TPSA) is 89.0 Å². The summed E-state index contributed by atoms with van der Waals surface area (Å²) in [5.74, 6) is 0.469. The van der Waals surface area contributed by atoms with Gasteiger partial charge in [-0.25, -0.2) is 13.4 Å². The molecule has 0 saturated carbocycles. The zero-order chi connectivity index (χ0) is 25.9. The summed E-state index contributed by atoms with van der Waals surface area (Å²) >= 11 is 7.78. The van der Waals surface area contributed by atoms with E-state index >= 15 is 0 Å². The highest BCUT2D eigenvalue weighted by molar-refractivity contribution is 7.92. The molecular formula is C25H31Cl2N3O5S2. The van der Waals surface area contributed by atoms with Crippen molar-refractivity contribution in [3.05, 3.63) is 47.0 Å². The van der Waals surface area contributed by atoms with Gasteiger partial charge in [-0.2, -0.15) is 0 Å². The number of morpholine rings is 1. The molecule has 202 valence electrons. The monoisotopic (exact) mass is 587 g/mol. The normalized spacial score (nSPS) is 14.5. The Kier molecular flexibility index (Phi) is 10.2. The Hall–Kier alpha value is -1.95. The third-order valence-corrected chi connectivity index (χ3v) is 9.88. The second kappa shape index (κ2) is 12.7. The summed E-state index contributed by atoms with van der Waals surface area (Å²) < 4.78 is 36.5. The van der Waals surface area contributed by atoms with Crippen LogP contribution < -0.4 is 9.64 Å². The quantitative estimate of drug-likeness (QED) is 0.365. The minimum atomic E-state index is -3.37. The SMILES string of the molecule is COc1ccc(Cl)c2sc(N(CCN3CCOCC3)C(=O)Cc3ccc(S(=O)(=O)C(C)C)cc3)nc12.Cl. The summed E-state index contributed by atoms with van der Waals surface area (Å²) in [5, 5.41) is 0.592. The Morgan fingerprint density at radius 1 is 1.19 bits per heavy atom.